The van der Waals surface area contributed by atoms with Crippen LogP contribution in [0.15, 0.2) is 29.0 Å². The number of halogens is 1. The zero-order valence-electron chi connectivity index (χ0n) is 11.2. The number of aryl methyl sites for hydroxylation is 2. The van der Waals surface area contributed by atoms with Crippen LogP contribution in [0, 0.1) is 0 Å². The van der Waals surface area contributed by atoms with Gasteiger partial charge in [0.05, 0.1) is 0 Å². The van der Waals surface area contributed by atoms with E-state index in [1.165, 1.54) is 5.56 Å². The minimum absolute atomic E-state index is 0. The highest BCUT2D eigenvalue weighted by atomic mass is 35.5. The summed E-state index contributed by atoms with van der Waals surface area (Å²) in [5.41, 5.74) is 1.23. The summed E-state index contributed by atoms with van der Waals surface area (Å²) in [6, 6.07) is 4.36. The van der Waals surface area contributed by atoms with Gasteiger partial charge in [-0.1, -0.05) is 5.16 Å². The zero-order chi connectivity index (χ0) is 12.8. The van der Waals surface area contributed by atoms with Gasteiger partial charge < -0.3 is 9.84 Å². The summed E-state index contributed by atoms with van der Waals surface area (Å²) in [5.74, 6) is 1.46. The Hall–Kier alpha value is -1.46. The van der Waals surface area contributed by atoms with Crippen molar-refractivity contribution in [1.82, 2.24) is 20.4 Å². The van der Waals surface area contributed by atoms with Crippen LogP contribution in [0.2, 0.25) is 0 Å². The Kier molecular flexibility index (Phi) is 6.45. The van der Waals surface area contributed by atoms with E-state index < -0.39 is 0 Å². The van der Waals surface area contributed by atoms with Crippen molar-refractivity contribution in [3.63, 3.8) is 0 Å². The van der Waals surface area contributed by atoms with Gasteiger partial charge in [-0.15, -0.1) is 12.4 Å². The number of aromatic nitrogens is 3. The lowest BCUT2D eigenvalue weighted by atomic mass is 10.1. The molecule has 0 amide bonds. The molecule has 0 bridgehead atoms. The maximum Gasteiger partial charge on any atom is 0.226 e. The molecular weight excluding hydrogens is 264 g/mol. The van der Waals surface area contributed by atoms with E-state index in [1.54, 1.807) is 12.4 Å². The maximum atomic E-state index is 5.23. The third-order valence-corrected chi connectivity index (χ3v) is 2.87. The topological polar surface area (TPSA) is 63.8 Å². The van der Waals surface area contributed by atoms with Crippen molar-refractivity contribution in [2.75, 3.05) is 7.05 Å². The van der Waals surface area contributed by atoms with Gasteiger partial charge in [0.15, 0.2) is 5.82 Å². The average Bonchev–Trinajstić information content (AvgIpc) is 2.85. The standard InChI is InChI=1S/C13H18N4O.ClH/c1-10(14-2)9-12-16-13(18-17-12)4-3-11-5-7-15-8-6-11;/h5-8,10,14H,3-4,9H2,1-2H3;1H. The first-order valence-electron chi connectivity index (χ1n) is 6.15. The molecular formula is C13H19ClN4O. The second-order valence-corrected chi connectivity index (χ2v) is 4.35. The zero-order valence-corrected chi connectivity index (χ0v) is 12.0. The summed E-state index contributed by atoms with van der Waals surface area (Å²) in [7, 11) is 1.93. The van der Waals surface area contributed by atoms with E-state index in [0.29, 0.717) is 11.9 Å². The average molecular weight is 283 g/mol. The van der Waals surface area contributed by atoms with Gasteiger partial charge in [0.25, 0.3) is 0 Å². The molecule has 1 N–H and O–H groups in total. The highest BCUT2D eigenvalue weighted by molar-refractivity contribution is 5.85. The van der Waals surface area contributed by atoms with Crippen molar-refractivity contribution in [2.24, 2.45) is 0 Å². The van der Waals surface area contributed by atoms with Crippen molar-refractivity contribution >= 4 is 12.4 Å². The van der Waals surface area contributed by atoms with Crippen molar-refractivity contribution in [3.05, 3.63) is 41.8 Å². The summed E-state index contributed by atoms with van der Waals surface area (Å²) in [5, 5.41) is 7.13. The van der Waals surface area contributed by atoms with Gasteiger partial charge in [0.2, 0.25) is 5.89 Å². The quantitative estimate of drug-likeness (QED) is 0.876. The van der Waals surface area contributed by atoms with Crippen LogP contribution in [0.1, 0.15) is 24.2 Å². The minimum atomic E-state index is 0. The lowest BCUT2D eigenvalue weighted by molar-refractivity contribution is 0.371. The molecule has 6 heteroatoms. The van der Waals surface area contributed by atoms with E-state index in [4.69, 9.17) is 4.52 Å². The first kappa shape index (κ1) is 15.6. The van der Waals surface area contributed by atoms with Gasteiger partial charge in [-0.25, -0.2) is 0 Å². The normalized spacial score (nSPS) is 11.9. The van der Waals surface area contributed by atoms with Crippen molar-refractivity contribution in [3.8, 4) is 0 Å². The number of nitrogens with one attached hydrogen (secondary N) is 1. The fourth-order valence-electron chi connectivity index (χ4n) is 1.65. The Morgan fingerprint density at radius 1 is 1.26 bits per heavy atom. The third-order valence-electron chi connectivity index (χ3n) is 2.87. The number of hydrogen-bond acceptors (Lipinski definition) is 5. The highest BCUT2D eigenvalue weighted by Crippen LogP contribution is 2.06. The largest absolute Gasteiger partial charge is 0.339 e. The van der Waals surface area contributed by atoms with E-state index in [2.05, 4.69) is 27.4 Å². The predicted molar refractivity (Wildman–Crippen MR) is 75.4 cm³/mol. The minimum Gasteiger partial charge on any atom is -0.339 e. The maximum absolute atomic E-state index is 5.23. The summed E-state index contributed by atoms with van der Waals surface area (Å²) in [6.07, 6.45) is 6.04. The summed E-state index contributed by atoms with van der Waals surface area (Å²) < 4.78 is 5.23. The molecule has 1 atom stereocenters. The first-order valence-corrected chi connectivity index (χ1v) is 6.15. The number of pyridine rings is 1. The Bertz CT molecular complexity index is 475. The third kappa shape index (κ3) is 4.96. The van der Waals surface area contributed by atoms with E-state index in [1.807, 2.05) is 19.2 Å². The molecule has 0 fully saturated rings. The van der Waals surface area contributed by atoms with Gasteiger partial charge >= 0.3 is 0 Å². The Morgan fingerprint density at radius 3 is 2.68 bits per heavy atom. The van der Waals surface area contributed by atoms with Gasteiger partial charge in [0.1, 0.15) is 0 Å². The summed E-state index contributed by atoms with van der Waals surface area (Å²) >= 11 is 0. The lowest BCUT2D eigenvalue weighted by Gasteiger charge is -2.04. The van der Waals surface area contributed by atoms with Crippen LogP contribution >= 0.6 is 12.4 Å². The van der Waals surface area contributed by atoms with E-state index in [-0.39, 0.29) is 12.4 Å². The SMILES string of the molecule is CNC(C)Cc1noc(CCc2ccncc2)n1.Cl. The van der Waals surface area contributed by atoms with E-state index in [0.717, 1.165) is 25.1 Å². The number of nitrogens with zero attached hydrogens (tertiary/aromatic N) is 3. The van der Waals surface area contributed by atoms with Crippen LogP contribution in [0.25, 0.3) is 0 Å². The molecule has 5 nitrogen and oxygen atoms in total. The first-order chi connectivity index (χ1) is 8.78. The molecule has 0 saturated heterocycles. The van der Waals surface area contributed by atoms with Crippen molar-refractivity contribution in [1.29, 1.82) is 0 Å². The smallest absolute Gasteiger partial charge is 0.226 e. The number of hydrogen-bond donors (Lipinski definition) is 1. The van der Waals surface area contributed by atoms with Crippen LogP contribution in [-0.2, 0) is 19.3 Å². The van der Waals surface area contributed by atoms with Crippen LogP contribution in [0.5, 0.6) is 0 Å². The molecule has 0 aromatic carbocycles. The molecule has 1 unspecified atom stereocenters. The summed E-state index contributed by atoms with van der Waals surface area (Å²) in [6.45, 7) is 2.09. The van der Waals surface area contributed by atoms with Crippen molar-refractivity contribution < 1.29 is 4.52 Å². The van der Waals surface area contributed by atoms with Crippen molar-refractivity contribution in [2.45, 2.75) is 32.2 Å². The molecule has 2 heterocycles. The van der Waals surface area contributed by atoms with Gasteiger partial charge in [-0.2, -0.15) is 4.98 Å². The molecule has 19 heavy (non-hydrogen) atoms. The van der Waals surface area contributed by atoms with E-state index in [9.17, 15) is 0 Å². The van der Waals surface area contributed by atoms with Crippen LogP contribution in [0.4, 0.5) is 0 Å². The highest BCUT2D eigenvalue weighted by Gasteiger charge is 2.09. The fourth-order valence-corrected chi connectivity index (χ4v) is 1.65. The summed E-state index contributed by atoms with van der Waals surface area (Å²) in [4.78, 5) is 8.37. The Labute approximate surface area is 119 Å². The predicted octanol–water partition coefficient (Wildman–Crippen LogP) is 1.82. The molecule has 0 radical (unpaired) electrons. The molecule has 2 rings (SSSR count). The second kappa shape index (κ2) is 7.86. The molecule has 0 spiro atoms. The Balaban J connectivity index is 0.00000180. The van der Waals surface area contributed by atoms with Gasteiger partial charge in [-0.3, -0.25) is 4.98 Å². The number of likely N-dealkylation sites (N-methyl/N-ethyl adjacent to an activating group) is 1. The molecule has 0 aliphatic rings. The molecule has 104 valence electrons. The monoisotopic (exact) mass is 282 g/mol. The van der Waals surface area contributed by atoms with Crippen LogP contribution in [-0.4, -0.2) is 28.2 Å². The van der Waals surface area contributed by atoms with Gasteiger partial charge in [-0.05, 0) is 38.1 Å². The molecule has 2 aromatic heterocycles. The molecule has 0 aliphatic carbocycles. The molecule has 0 saturated carbocycles. The Morgan fingerprint density at radius 2 is 2.00 bits per heavy atom. The van der Waals surface area contributed by atoms with Gasteiger partial charge in [0, 0.05) is 31.3 Å². The number of rotatable bonds is 6. The lowest BCUT2D eigenvalue weighted by Crippen LogP contribution is -2.24. The molecule has 0 aliphatic heterocycles. The van der Waals surface area contributed by atoms with E-state index >= 15 is 0 Å². The molecule has 2 aromatic rings. The fraction of sp³-hybridized carbons (Fsp3) is 0.462. The second-order valence-electron chi connectivity index (χ2n) is 4.35. The van der Waals surface area contributed by atoms with Crippen LogP contribution in [0.3, 0.4) is 0 Å². The van der Waals surface area contributed by atoms with Crippen LogP contribution < -0.4 is 5.32 Å².